The Kier molecular flexibility index (Phi) is 7.67. The van der Waals surface area contributed by atoms with E-state index in [-0.39, 0.29) is 10.9 Å². The Bertz CT molecular complexity index is 1380. The second-order valence-corrected chi connectivity index (χ2v) is 8.17. The molecule has 0 unspecified atom stereocenters. The lowest BCUT2D eigenvalue weighted by Crippen LogP contribution is -2.00. The van der Waals surface area contributed by atoms with E-state index in [1.54, 1.807) is 12.3 Å². The molecule has 178 valence electrons. The number of unbranched alkanes of at least 4 members (excludes halogenated alkanes) is 1. The van der Waals surface area contributed by atoms with Gasteiger partial charge in [-0.3, -0.25) is 4.98 Å². The van der Waals surface area contributed by atoms with Crippen LogP contribution in [-0.2, 0) is 12.8 Å². The lowest BCUT2D eigenvalue weighted by molar-refractivity contribution is 0.308. The van der Waals surface area contributed by atoms with E-state index >= 15 is 0 Å². The summed E-state index contributed by atoms with van der Waals surface area (Å²) < 4.78 is 62.1. The number of benzene rings is 3. The first-order chi connectivity index (χ1) is 16.9. The first-order valence-electron chi connectivity index (χ1n) is 11.4. The summed E-state index contributed by atoms with van der Waals surface area (Å²) in [6.45, 7) is 2.73. The number of fused-ring (bicyclic) bond motifs is 1. The number of nitrogens with zero attached hydrogens (tertiary/aromatic N) is 1. The van der Waals surface area contributed by atoms with Crippen molar-refractivity contribution in [2.45, 2.75) is 32.6 Å². The third-order valence-electron chi connectivity index (χ3n) is 5.57. The predicted molar refractivity (Wildman–Crippen MR) is 128 cm³/mol. The third-order valence-corrected chi connectivity index (χ3v) is 5.57. The van der Waals surface area contributed by atoms with Crippen molar-refractivity contribution in [2.24, 2.45) is 0 Å². The van der Waals surface area contributed by atoms with E-state index in [9.17, 15) is 17.6 Å². The van der Waals surface area contributed by atoms with Crippen LogP contribution < -0.4 is 4.74 Å². The minimum atomic E-state index is -0.943. The molecule has 1 aromatic heterocycles. The maximum atomic E-state index is 14.6. The van der Waals surface area contributed by atoms with Crippen LogP contribution in [0.4, 0.5) is 17.6 Å². The van der Waals surface area contributed by atoms with E-state index in [1.807, 2.05) is 12.1 Å². The fraction of sp³-hybridized carbons (Fsp3) is 0.207. The average Bonchev–Trinajstić information content (AvgIpc) is 2.85. The summed E-state index contributed by atoms with van der Waals surface area (Å²) in [5.74, 6) is 2.53. The first kappa shape index (κ1) is 24.3. The fourth-order valence-electron chi connectivity index (χ4n) is 3.62. The quantitative estimate of drug-likeness (QED) is 0.160. The summed E-state index contributed by atoms with van der Waals surface area (Å²) in [6.07, 6.45) is 4.62. The molecule has 0 N–H and O–H groups in total. The Labute approximate surface area is 201 Å². The number of hydrogen-bond donors (Lipinski definition) is 0. The number of pyridine rings is 1. The maximum absolute atomic E-state index is 14.6. The van der Waals surface area contributed by atoms with E-state index < -0.39 is 23.3 Å². The van der Waals surface area contributed by atoms with E-state index in [0.717, 1.165) is 24.6 Å². The Morgan fingerprint density at radius 3 is 2.34 bits per heavy atom. The Balaban J connectivity index is 1.44. The standard InChI is InChI=1S/C29H23F4NO/c1-2-3-14-35-23-10-9-22(34-18-23)8-4-20-16-27(31)25(28(32)17-20)12-6-19-5-11-24-21(15-19)7-13-26(30)29(24)33/h5,7,9-11,13,15-18H,2-4,8,14H2,1H3. The maximum Gasteiger partial charge on any atom is 0.166 e. The number of ether oxygens (including phenoxy) is 1. The molecule has 0 aliphatic carbocycles. The summed E-state index contributed by atoms with van der Waals surface area (Å²) in [6, 6.07) is 13.1. The molecule has 0 fully saturated rings. The van der Waals surface area contributed by atoms with E-state index in [0.29, 0.717) is 41.7 Å². The summed E-state index contributed by atoms with van der Waals surface area (Å²) in [5.41, 5.74) is 1.38. The summed E-state index contributed by atoms with van der Waals surface area (Å²) >= 11 is 0. The van der Waals surface area contributed by atoms with Gasteiger partial charge in [-0.25, -0.2) is 17.6 Å². The van der Waals surface area contributed by atoms with Crippen molar-refractivity contribution in [1.82, 2.24) is 4.98 Å². The molecule has 35 heavy (non-hydrogen) atoms. The molecule has 0 radical (unpaired) electrons. The van der Waals surface area contributed by atoms with Crippen LogP contribution in [0.25, 0.3) is 10.8 Å². The van der Waals surface area contributed by atoms with Crippen LogP contribution in [0, 0.1) is 35.1 Å². The molecule has 0 bridgehead atoms. The Morgan fingerprint density at radius 1 is 0.829 bits per heavy atom. The number of halogens is 4. The number of rotatable bonds is 7. The normalized spacial score (nSPS) is 10.8. The summed E-state index contributed by atoms with van der Waals surface area (Å²) in [5, 5.41) is 0.562. The third kappa shape index (κ3) is 5.99. The second kappa shape index (κ2) is 11.1. The molecule has 0 saturated heterocycles. The van der Waals surface area contributed by atoms with Gasteiger partial charge < -0.3 is 4.74 Å². The number of aromatic nitrogens is 1. The number of hydrogen-bond acceptors (Lipinski definition) is 2. The highest BCUT2D eigenvalue weighted by molar-refractivity contribution is 5.84. The van der Waals surface area contributed by atoms with Crippen molar-refractivity contribution in [2.75, 3.05) is 6.61 Å². The van der Waals surface area contributed by atoms with Crippen molar-refractivity contribution in [3.05, 3.63) is 106 Å². The molecule has 2 nitrogen and oxygen atoms in total. The first-order valence-corrected chi connectivity index (χ1v) is 11.4. The van der Waals surface area contributed by atoms with Gasteiger partial charge in [0.1, 0.15) is 17.4 Å². The molecule has 0 aliphatic heterocycles. The largest absolute Gasteiger partial charge is 0.492 e. The lowest BCUT2D eigenvalue weighted by atomic mass is 10.0. The summed E-state index contributed by atoms with van der Waals surface area (Å²) in [4.78, 5) is 4.35. The van der Waals surface area contributed by atoms with Gasteiger partial charge in [-0.2, -0.15) is 0 Å². The number of aryl methyl sites for hydroxylation is 2. The fourth-order valence-corrected chi connectivity index (χ4v) is 3.62. The van der Waals surface area contributed by atoms with Crippen molar-refractivity contribution in [3.63, 3.8) is 0 Å². The topological polar surface area (TPSA) is 22.1 Å². The average molecular weight is 478 g/mol. The van der Waals surface area contributed by atoms with E-state index in [4.69, 9.17) is 4.74 Å². The molecule has 0 aliphatic rings. The van der Waals surface area contributed by atoms with Crippen molar-refractivity contribution < 1.29 is 22.3 Å². The lowest BCUT2D eigenvalue weighted by Gasteiger charge is -2.07. The van der Waals surface area contributed by atoms with Gasteiger partial charge in [0.25, 0.3) is 0 Å². The SMILES string of the molecule is CCCCOc1ccc(CCc2cc(F)c(C#Cc3ccc4c(F)c(F)ccc4c3)c(F)c2)nc1. The molecule has 3 aromatic carbocycles. The van der Waals surface area contributed by atoms with Gasteiger partial charge in [0, 0.05) is 16.6 Å². The molecular weight excluding hydrogens is 454 g/mol. The zero-order valence-corrected chi connectivity index (χ0v) is 19.2. The zero-order chi connectivity index (χ0) is 24.8. The monoisotopic (exact) mass is 477 g/mol. The molecule has 1 heterocycles. The molecule has 4 aromatic rings. The molecule has 0 amide bonds. The molecule has 0 atom stereocenters. The van der Waals surface area contributed by atoms with Gasteiger partial charge in [0.05, 0.1) is 18.4 Å². The minimum absolute atomic E-state index is 0.116. The van der Waals surface area contributed by atoms with E-state index in [2.05, 4.69) is 23.7 Å². The van der Waals surface area contributed by atoms with E-state index in [1.165, 1.54) is 30.3 Å². The van der Waals surface area contributed by atoms with Gasteiger partial charge in [-0.1, -0.05) is 37.3 Å². The van der Waals surface area contributed by atoms with Crippen LogP contribution in [0.15, 0.2) is 60.8 Å². The smallest absolute Gasteiger partial charge is 0.166 e. The van der Waals surface area contributed by atoms with Gasteiger partial charge in [-0.15, -0.1) is 0 Å². The molecular formula is C29H23F4NO. The zero-order valence-electron chi connectivity index (χ0n) is 19.2. The molecule has 0 saturated carbocycles. The molecule has 4 rings (SSSR count). The highest BCUT2D eigenvalue weighted by atomic mass is 19.2. The van der Waals surface area contributed by atoms with Gasteiger partial charge in [-0.05, 0) is 72.7 Å². The van der Waals surface area contributed by atoms with Crippen LogP contribution in [0.2, 0.25) is 0 Å². The van der Waals surface area contributed by atoms with Gasteiger partial charge in [0.15, 0.2) is 11.6 Å². The minimum Gasteiger partial charge on any atom is -0.492 e. The second-order valence-electron chi connectivity index (χ2n) is 8.17. The highest BCUT2D eigenvalue weighted by Gasteiger charge is 2.11. The summed E-state index contributed by atoms with van der Waals surface area (Å²) in [7, 11) is 0. The van der Waals surface area contributed by atoms with Crippen molar-refractivity contribution in [3.8, 4) is 17.6 Å². The van der Waals surface area contributed by atoms with Crippen LogP contribution >= 0.6 is 0 Å². The molecule has 0 spiro atoms. The Morgan fingerprint density at radius 2 is 1.63 bits per heavy atom. The predicted octanol–water partition coefficient (Wildman–Crippen LogP) is 7.16. The van der Waals surface area contributed by atoms with Gasteiger partial charge in [0.2, 0.25) is 0 Å². The van der Waals surface area contributed by atoms with Crippen molar-refractivity contribution >= 4 is 10.8 Å². The van der Waals surface area contributed by atoms with Crippen molar-refractivity contribution in [1.29, 1.82) is 0 Å². The molecule has 6 heteroatoms. The Hall–Kier alpha value is -3.85. The van der Waals surface area contributed by atoms with Crippen LogP contribution in [0.1, 0.15) is 42.1 Å². The van der Waals surface area contributed by atoms with Gasteiger partial charge >= 0.3 is 0 Å². The highest BCUT2D eigenvalue weighted by Crippen LogP contribution is 2.22. The van der Waals surface area contributed by atoms with Crippen LogP contribution in [0.3, 0.4) is 0 Å². The van der Waals surface area contributed by atoms with Crippen LogP contribution in [-0.4, -0.2) is 11.6 Å². The van der Waals surface area contributed by atoms with Crippen LogP contribution in [0.5, 0.6) is 5.75 Å².